The monoisotopic (exact) mass is 422 g/mol. The molecule has 0 saturated carbocycles. The van der Waals surface area contributed by atoms with Gasteiger partial charge in [0.05, 0.1) is 12.7 Å². The second kappa shape index (κ2) is 12.0. The van der Waals surface area contributed by atoms with Crippen molar-refractivity contribution in [2.75, 3.05) is 39.3 Å². The van der Waals surface area contributed by atoms with Gasteiger partial charge in [-0.25, -0.2) is 0 Å². The number of ether oxygens (including phenoxy) is 1. The fraction of sp³-hybridized carbons (Fsp3) is 0.579. The lowest BCUT2D eigenvalue weighted by Gasteiger charge is -2.35. The number of rotatable bonds is 7. The highest BCUT2D eigenvalue weighted by Crippen LogP contribution is 2.13. The number of nitrogens with zero attached hydrogens (tertiary/aromatic N) is 2. The Balaban J connectivity index is 0.00000312. The van der Waals surface area contributed by atoms with E-state index in [0.29, 0.717) is 6.54 Å². The predicted octanol–water partition coefficient (Wildman–Crippen LogP) is 3.09. The van der Waals surface area contributed by atoms with Crippen LogP contribution >= 0.6 is 36.4 Å². The van der Waals surface area contributed by atoms with Crippen molar-refractivity contribution in [3.63, 3.8) is 0 Å². The van der Waals surface area contributed by atoms with Crippen LogP contribution in [0.5, 0.6) is 0 Å². The predicted molar refractivity (Wildman–Crippen MR) is 113 cm³/mol. The van der Waals surface area contributed by atoms with E-state index >= 15 is 0 Å². The summed E-state index contributed by atoms with van der Waals surface area (Å²) < 4.78 is 5.56. The van der Waals surface area contributed by atoms with Gasteiger partial charge in [-0.3, -0.25) is 9.80 Å². The molecule has 0 aliphatic carbocycles. The molecule has 1 aliphatic rings. The second-order valence-electron chi connectivity index (χ2n) is 6.82. The Morgan fingerprint density at radius 2 is 1.69 bits per heavy atom. The average Bonchev–Trinajstić information content (AvgIpc) is 2.57. The average molecular weight is 424 g/mol. The molecule has 0 amide bonds. The van der Waals surface area contributed by atoms with E-state index in [1.807, 2.05) is 26.0 Å². The summed E-state index contributed by atoms with van der Waals surface area (Å²) >= 11 is 5.92. The van der Waals surface area contributed by atoms with Crippen LogP contribution in [0.3, 0.4) is 0 Å². The third-order valence-electron chi connectivity index (χ3n) is 4.24. The molecule has 1 saturated heterocycles. The largest absolute Gasteiger partial charge is 0.389 e. The van der Waals surface area contributed by atoms with Gasteiger partial charge in [0, 0.05) is 44.3 Å². The van der Waals surface area contributed by atoms with Crippen LogP contribution in [0.15, 0.2) is 24.3 Å². The first-order valence-corrected chi connectivity index (χ1v) is 8.75. The van der Waals surface area contributed by atoms with E-state index < -0.39 is 11.7 Å². The van der Waals surface area contributed by atoms with Crippen molar-refractivity contribution in [1.29, 1.82) is 0 Å². The van der Waals surface area contributed by atoms with E-state index in [4.69, 9.17) is 22.8 Å². The number of aliphatic hydroxyl groups excluding tert-OH is 1. The number of aliphatic hydroxyl groups is 1. The Labute approximate surface area is 174 Å². The van der Waals surface area contributed by atoms with Crippen LogP contribution < -0.4 is 0 Å². The molecular formula is C19H29Cl3N2O2. The molecule has 4 nitrogen and oxygen atoms in total. The van der Waals surface area contributed by atoms with E-state index in [9.17, 15) is 5.11 Å². The molecule has 0 radical (unpaired) electrons. The van der Waals surface area contributed by atoms with Gasteiger partial charge in [-0.15, -0.1) is 31.2 Å². The molecule has 1 heterocycles. The third kappa shape index (κ3) is 8.92. The van der Waals surface area contributed by atoms with Crippen molar-refractivity contribution in [2.24, 2.45) is 0 Å². The first-order chi connectivity index (χ1) is 11.4. The van der Waals surface area contributed by atoms with Crippen molar-refractivity contribution < 1.29 is 9.84 Å². The molecule has 2 rings (SSSR count). The zero-order valence-corrected chi connectivity index (χ0v) is 17.7. The Morgan fingerprint density at radius 1 is 1.15 bits per heavy atom. The van der Waals surface area contributed by atoms with Crippen LogP contribution in [0.25, 0.3) is 0 Å². The lowest BCUT2D eigenvalue weighted by atomic mass is 10.1. The number of piperazine rings is 1. The topological polar surface area (TPSA) is 35.9 Å². The van der Waals surface area contributed by atoms with Crippen LogP contribution in [0, 0.1) is 12.3 Å². The van der Waals surface area contributed by atoms with Crippen LogP contribution in [0.2, 0.25) is 5.02 Å². The molecule has 1 atom stereocenters. The van der Waals surface area contributed by atoms with Crippen LogP contribution in [0.1, 0.15) is 19.4 Å². The minimum Gasteiger partial charge on any atom is -0.389 e. The molecule has 7 heteroatoms. The zero-order valence-electron chi connectivity index (χ0n) is 15.4. The van der Waals surface area contributed by atoms with E-state index in [-0.39, 0.29) is 31.4 Å². The summed E-state index contributed by atoms with van der Waals surface area (Å²) in [5.74, 6) is 2.57. The fourth-order valence-corrected chi connectivity index (χ4v) is 2.80. The summed E-state index contributed by atoms with van der Waals surface area (Å²) in [6.45, 7) is 9.36. The Hall–Kier alpha value is -0.510. The smallest absolute Gasteiger partial charge is 0.122 e. The lowest BCUT2D eigenvalue weighted by molar-refractivity contribution is -0.0410. The van der Waals surface area contributed by atoms with Gasteiger partial charge in [0.25, 0.3) is 0 Å². The summed E-state index contributed by atoms with van der Waals surface area (Å²) in [7, 11) is 0. The van der Waals surface area contributed by atoms with Crippen molar-refractivity contribution in [3.8, 4) is 12.3 Å². The van der Waals surface area contributed by atoms with Gasteiger partial charge in [-0.1, -0.05) is 29.7 Å². The fourth-order valence-electron chi connectivity index (χ4n) is 2.67. The van der Waals surface area contributed by atoms with E-state index in [0.717, 1.165) is 37.7 Å². The van der Waals surface area contributed by atoms with Gasteiger partial charge in [-0.05, 0) is 31.5 Å². The SMILES string of the molecule is C#CC(C)(C)OCC(O)CN1CCN(Cc2ccc(Cl)cc2)CC1.Cl.Cl. The van der Waals surface area contributed by atoms with Crippen LogP contribution in [0.4, 0.5) is 0 Å². The summed E-state index contributed by atoms with van der Waals surface area (Å²) in [6.07, 6.45) is 4.87. The van der Waals surface area contributed by atoms with Gasteiger partial charge in [-0.2, -0.15) is 0 Å². The maximum absolute atomic E-state index is 10.1. The van der Waals surface area contributed by atoms with E-state index in [1.165, 1.54) is 5.56 Å². The van der Waals surface area contributed by atoms with Crippen molar-refractivity contribution >= 4 is 36.4 Å². The summed E-state index contributed by atoms with van der Waals surface area (Å²) in [4.78, 5) is 4.69. The minimum atomic E-state index is -0.627. The molecule has 1 aromatic rings. The highest BCUT2D eigenvalue weighted by molar-refractivity contribution is 6.30. The molecule has 0 bridgehead atoms. The van der Waals surface area contributed by atoms with E-state index in [1.54, 1.807) is 0 Å². The molecule has 1 N–H and O–H groups in total. The molecule has 1 aromatic carbocycles. The second-order valence-corrected chi connectivity index (χ2v) is 7.26. The van der Waals surface area contributed by atoms with Crippen molar-refractivity contribution in [2.45, 2.75) is 32.1 Å². The standard InChI is InChI=1S/C19H27ClN2O2.2ClH/c1-4-19(2,3)24-15-18(23)14-22-11-9-21(10-12-22)13-16-5-7-17(20)8-6-16;;/h1,5-8,18,23H,9-15H2,2-3H3;2*1H. The van der Waals surface area contributed by atoms with Crippen molar-refractivity contribution in [1.82, 2.24) is 9.80 Å². The first-order valence-electron chi connectivity index (χ1n) is 8.37. The summed E-state index contributed by atoms with van der Waals surface area (Å²) in [5.41, 5.74) is 0.649. The Bertz CT molecular complexity index is 553. The number of β-amino-alcohol motifs (C(OH)–C–C–N with tert-alkyl or cyclic N) is 1. The molecule has 0 spiro atoms. The molecule has 148 valence electrons. The number of benzene rings is 1. The van der Waals surface area contributed by atoms with E-state index in [2.05, 4.69) is 27.9 Å². The van der Waals surface area contributed by atoms with Crippen molar-refractivity contribution in [3.05, 3.63) is 34.9 Å². The maximum atomic E-state index is 10.1. The molecule has 26 heavy (non-hydrogen) atoms. The normalized spacial score (nSPS) is 16.9. The number of terminal acetylenes is 1. The lowest BCUT2D eigenvalue weighted by Crippen LogP contribution is -2.48. The summed E-state index contributed by atoms with van der Waals surface area (Å²) in [6, 6.07) is 8.01. The molecule has 0 aromatic heterocycles. The Morgan fingerprint density at radius 3 is 2.23 bits per heavy atom. The highest BCUT2D eigenvalue weighted by atomic mass is 35.5. The highest BCUT2D eigenvalue weighted by Gasteiger charge is 2.21. The van der Waals surface area contributed by atoms with Crippen LogP contribution in [-0.2, 0) is 11.3 Å². The molecule has 1 aliphatic heterocycles. The molecule has 1 unspecified atom stereocenters. The number of hydrogen-bond acceptors (Lipinski definition) is 4. The molecular weight excluding hydrogens is 395 g/mol. The third-order valence-corrected chi connectivity index (χ3v) is 4.49. The van der Waals surface area contributed by atoms with Gasteiger partial charge in [0.1, 0.15) is 5.60 Å². The molecule has 1 fully saturated rings. The van der Waals surface area contributed by atoms with Gasteiger partial charge >= 0.3 is 0 Å². The van der Waals surface area contributed by atoms with Gasteiger partial charge in [0.2, 0.25) is 0 Å². The summed E-state index contributed by atoms with van der Waals surface area (Å²) in [5, 5.41) is 10.9. The quantitative estimate of drug-likeness (QED) is 0.684. The zero-order chi connectivity index (χ0) is 17.6. The number of halogens is 3. The maximum Gasteiger partial charge on any atom is 0.122 e. The number of hydrogen-bond donors (Lipinski definition) is 1. The minimum absolute atomic E-state index is 0. The Kier molecular flexibility index (Phi) is 11.8. The van der Waals surface area contributed by atoms with Gasteiger partial charge in [0.15, 0.2) is 0 Å². The van der Waals surface area contributed by atoms with Crippen LogP contribution in [-0.4, -0.2) is 65.9 Å². The first kappa shape index (κ1) is 25.5. The van der Waals surface area contributed by atoms with Gasteiger partial charge < -0.3 is 9.84 Å².